The summed E-state index contributed by atoms with van der Waals surface area (Å²) in [4.78, 5) is 0. The molecule has 0 aromatic carbocycles. The highest BCUT2D eigenvalue weighted by Crippen LogP contribution is 2.26. The molecule has 10 nitrogen and oxygen atoms in total. The van der Waals surface area contributed by atoms with Gasteiger partial charge in [0.1, 0.15) is 30.5 Å². The average molecular weight is 342 g/mol. The van der Waals surface area contributed by atoms with Crippen molar-refractivity contribution in [2.45, 2.75) is 55.9 Å². The van der Waals surface area contributed by atoms with Crippen LogP contribution in [0.15, 0.2) is 0 Å². The second kappa shape index (κ2) is 9.18. The second-order valence-corrected chi connectivity index (χ2v) is 5.66. The number of hydrogen-bond donors (Lipinski definition) is 8. The van der Waals surface area contributed by atoms with Crippen molar-refractivity contribution in [3.8, 4) is 0 Å². The molecule has 0 aliphatic carbocycles. The normalized spacial score (nSPS) is 37.2. The molecule has 138 valence electrons. The van der Waals surface area contributed by atoms with Crippen LogP contribution in [0, 0.1) is 5.92 Å². The van der Waals surface area contributed by atoms with E-state index in [1.807, 2.05) is 0 Å². The van der Waals surface area contributed by atoms with Gasteiger partial charge in [0.2, 0.25) is 0 Å². The zero-order chi connectivity index (χ0) is 17.7. The summed E-state index contributed by atoms with van der Waals surface area (Å²) in [6, 6.07) is 0. The van der Waals surface area contributed by atoms with Crippen molar-refractivity contribution in [3.63, 3.8) is 0 Å². The van der Waals surface area contributed by atoms with Crippen LogP contribution in [0.5, 0.6) is 0 Å². The molecule has 9 atom stereocenters. The molecule has 1 aliphatic heterocycles. The van der Waals surface area contributed by atoms with Gasteiger partial charge in [0.15, 0.2) is 6.29 Å². The molecule has 0 spiro atoms. The molecular weight excluding hydrogens is 316 g/mol. The summed E-state index contributed by atoms with van der Waals surface area (Å²) in [7, 11) is 0. The topological polar surface area (TPSA) is 180 Å². The van der Waals surface area contributed by atoms with Crippen molar-refractivity contribution in [3.05, 3.63) is 0 Å². The maximum Gasteiger partial charge on any atom is 0.187 e. The Hall–Kier alpha value is -0.400. The first-order valence-corrected chi connectivity index (χ1v) is 7.32. The van der Waals surface area contributed by atoms with E-state index in [0.29, 0.717) is 0 Å². The lowest BCUT2D eigenvalue weighted by molar-refractivity contribution is -0.323. The van der Waals surface area contributed by atoms with Gasteiger partial charge in [-0.15, -0.1) is 0 Å². The Morgan fingerprint density at radius 3 is 1.96 bits per heavy atom. The Labute approximate surface area is 133 Å². The Bertz CT molecular complexity index is 341. The van der Waals surface area contributed by atoms with Gasteiger partial charge >= 0.3 is 0 Å². The van der Waals surface area contributed by atoms with Crippen LogP contribution in [0.3, 0.4) is 0 Å². The van der Waals surface area contributed by atoms with Crippen molar-refractivity contribution in [2.75, 3.05) is 19.8 Å². The van der Waals surface area contributed by atoms with Gasteiger partial charge in [-0.05, 0) is 0 Å². The summed E-state index contributed by atoms with van der Waals surface area (Å²) in [6.07, 6.45) is -11.6. The van der Waals surface area contributed by atoms with Gasteiger partial charge in [0.25, 0.3) is 0 Å². The van der Waals surface area contributed by atoms with Gasteiger partial charge in [-0.25, -0.2) is 0 Å². The lowest BCUT2D eigenvalue weighted by Gasteiger charge is -2.42. The van der Waals surface area contributed by atoms with E-state index in [4.69, 9.17) is 24.8 Å². The Morgan fingerprint density at radius 2 is 1.48 bits per heavy atom. The fourth-order valence-corrected chi connectivity index (χ4v) is 2.39. The van der Waals surface area contributed by atoms with E-state index >= 15 is 0 Å². The summed E-state index contributed by atoms with van der Waals surface area (Å²) in [6.45, 7) is -0.542. The largest absolute Gasteiger partial charge is 0.394 e. The lowest BCUT2D eigenvalue weighted by atomic mass is 9.93. The van der Waals surface area contributed by atoms with Gasteiger partial charge in [0.05, 0.1) is 32.0 Å². The van der Waals surface area contributed by atoms with Gasteiger partial charge < -0.3 is 50.3 Å². The van der Waals surface area contributed by atoms with E-state index in [2.05, 4.69) is 0 Å². The minimum atomic E-state index is -1.68. The molecule has 2 unspecified atom stereocenters. The molecule has 0 aromatic heterocycles. The Kier molecular flexibility index (Phi) is 8.24. The van der Waals surface area contributed by atoms with Crippen molar-refractivity contribution in [1.82, 2.24) is 0 Å². The van der Waals surface area contributed by atoms with Crippen LogP contribution in [-0.4, -0.2) is 110 Å². The van der Waals surface area contributed by atoms with Crippen molar-refractivity contribution < 1.29 is 50.3 Å². The SMILES string of the molecule is C[C@@H]([C@H](O[C@@H]1OC(CO)[C@H](O)C(O)[C@@H]1O)[C@H](O)CO)[C@@H](O)CO. The summed E-state index contributed by atoms with van der Waals surface area (Å²) in [5.41, 5.74) is 0. The molecular formula is C13H26O10. The highest BCUT2D eigenvalue weighted by atomic mass is 16.7. The number of rotatable bonds is 8. The third-order valence-electron chi connectivity index (χ3n) is 4.02. The molecule has 1 fully saturated rings. The van der Waals surface area contributed by atoms with Crippen LogP contribution >= 0.6 is 0 Å². The van der Waals surface area contributed by atoms with E-state index < -0.39 is 74.8 Å². The van der Waals surface area contributed by atoms with Gasteiger partial charge in [-0.3, -0.25) is 0 Å². The number of aliphatic hydroxyl groups excluding tert-OH is 8. The molecule has 8 N–H and O–H groups in total. The fraction of sp³-hybridized carbons (Fsp3) is 1.00. The molecule has 0 amide bonds. The predicted octanol–water partition coefficient (Wildman–Crippen LogP) is -4.49. The van der Waals surface area contributed by atoms with E-state index in [1.165, 1.54) is 6.92 Å². The highest BCUT2D eigenvalue weighted by Gasteiger charge is 2.46. The number of hydrogen-bond acceptors (Lipinski definition) is 10. The Balaban J connectivity index is 2.89. The smallest absolute Gasteiger partial charge is 0.187 e. The second-order valence-electron chi connectivity index (χ2n) is 5.66. The van der Waals surface area contributed by atoms with Crippen molar-refractivity contribution in [1.29, 1.82) is 0 Å². The van der Waals surface area contributed by atoms with E-state index in [0.717, 1.165) is 0 Å². The van der Waals surface area contributed by atoms with Crippen LogP contribution in [-0.2, 0) is 9.47 Å². The summed E-state index contributed by atoms with van der Waals surface area (Å²) < 4.78 is 10.5. The van der Waals surface area contributed by atoms with Crippen LogP contribution in [0.4, 0.5) is 0 Å². The number of aliphatic hydroxyl groups is 8. The van der Waals surface area contributed by atoms with Gasteiger partial charge in [-0.1, -0.05) is 6.92 Å². The standard InChI is InChI=1S/C13H26O10/c1-5(6(17)2-14)12(7(18)3-15)23-13-11(21)10(20)9(19)8(4-16)22-13/h5-21H,2-4H2,1H3/t5-,6+,7-,8?,9+,10?,11+,12+,13+/m1/s1. The number of ether oxygens (including phenoxy) is 2. The van der Waals surface area contributed by atoms with Crippen LogP contribution in [0.1, 0.15) is 6.92 Å². The molecule has 1 saturated heterocycles. The quantitative estimate of drug-likeness (QED) is 0.214. The summed E-state index contributed by atoms with van der Waals surface area (Å²) in [5.74, 6) is -0.852. The highest BCUT2D eigenvalue weighted by molar-refractivity contribution is 4.90. The lowest BCUT2D eigenvalue weighted by Crippen LogP contribution is -2.61. The first-order chi connectivity index (χ1) is 10.8. The van der Waals surface area contributed by atoms with Gasteiger partial charge in [0, 0.05) is 5.92 Å². The molecule has 1 heterocycles. The monoisotopic (exact) mass is 342 g/mol. The van der Waals surface area contributed by atoms with E-state index in [-0.39, 0.29) is 0 Å². The average Bonchev–Trinajstić information content (AvgIpc) is 2.57. The van der Waals surface area contributed by atoms with Crippen molar-refractivity contribution >= 4 is 0 Å². The maximum atomic E-state index is 9.90. The first kappa shape index (κ1) is 20.6. The zero-order valence-electron chi connectivity index (χ0n) is 12.7. The van der Waals surface area contributed by atoms with Gasteiger partial charge in [-0.2, -0.15) is 0 Å². The first-order valence-electron chi connectivity index (χ1n) is 7.32. The van der Waals surface area contributed by atoms with Crippen LogP contribution in [0.2, 0.25) is 0 Å². The fourth-order valence-electron chi connectivity index (χ4n) is 2.39. The molecule has 0 saturated carbocycles. The zero-order valence-corrected chi connectivity index (χ0v) is 12.7. The summed E-state index contributed by atoms with van der Waals surface area (Å²) in [5, 5.41) is 76.0. The molecule has 1 aliphatic rings. The Morgan fingerprint density at radius 1 is 0.913 bits per heavy atom. The van der Waals surface area contributed by atoms with E-state index in [1.54, 1.807) is 0 Å². The third-order valence-corrected chi connectivity index (χ3v) is 4.02. The third kappa shape index (κ3) is 4.79. The minimum Gasteiger partial charge on any atom is -0.394 e. The van der Waals surface area contributed by atoms with E-state index in [9.17, 15) is 25.5 Å². The molecule has 0 bridgehead atoms. The molecule has 1 rings (SSSR count). The van der Waals surface area contributed by atoms with Crippen LogP contribution in [0.25, 0.3) is 0 Å². The molecule has 23 heavy (non-hydrogen) atoms. The van der Waals surface area contributed by atoms with Crippen LogP contribution < -0.4 is 0 Å². The summed E-state index contributed by atoms with van der Waals surface area (Å²) >= 11 is 0. The van der Waals surface area contributed by atoms with Crippen molar-refractivity contribution in [2.24, 2.45) is 5.92 Å². The minimum absolute atomic E-state index is 0.617. The molecule has 0 radical (unpaired) electrons. The molecule has 10 heteroatoms. The molecule has 0 aromatic rings. The maximum absolute atomic E-state index is 9.90. The predicted molar refractivity (Wildman–Crippen MR) is 74.0 cm³/mol.